The van der Waals surface area contributed by atoms with Gasteiger partial charge in [-0.15, -0.1) is 0 Å². The number of unbranched alkanes of at least 4 members (excludes halogenated alkanes) is 2. The summed E-state index contributed by atoms with van der Waals surface area (Å²) in [6, 6.07) is 9.63. The van der Waals surface area contributed by atoms with Gasteiger partial charge in [0.1, 0.15) is 47.8 Å². The molecule has 3 aromatic carbocycles. The van der Waals surface area contributed by atoms with Crippen LogP contribution in [0.1, 0.15) is 126 Å². The van der Waals surface area contributed by atoms with E-state index < -0.39 is 102 Å². The molecule has 0 saturated carbocycles. The number of hydrogen-bond donors (Lipinski definition) is 14. The van der Waals surface area contributed by atoms with Gasteiger partial charge in [-0.1, -0.05) is 93.4 Å². The minimum atomic E-state index is -1.92. The van der Waals surface area contributed by atoms with Crippen LogP contribution in [0.3, 0.4) is 0 Å². The number of carbonyl (C=O) groups excluding carboxylic acids is 9. The number of aliphatic hydroxyl groups excluding tert-OH is 2. The Kier molecular flexibility index (Phi) is 26.2. The molecular formula is C61H83N9O16S. The Labute approximate surface area is 509 Å². The number of thioether (sulfide) groups is 1. The van der Waals surface area contributed by atoms with Crippen LogP contribution in [0.25, 0.3) is 0 Å². The van der Waals surface area contributed by atoms with Crippen molar-refractivity contribution < 1.29 is 78.3 Å². The number of phenols is 1. The monoisotopic (exact) mass is 1230 g/mol. The van der Waals surface area contributed by atoms with Crippen LogP contribution in [0.15, 0.2) is 78.9 Å². The number of carboxylic acids is 2. The molecule has 0 bridgehead atoms. The lowest BCUT2D eigenvalue weighted by Gasteiger charge is -2.35. The molecule has 8 amide bonds. The van der Waals surface area contributed by atoms with Gasteiger partial charge in [-0.05, 0) is 82.6 Å². The van der Waals surface area contributed by atoms with E-state index in [1.807, 2.05) is 18.7 Å². The third-order valence-electron chi connectivity index (χ3n) is 15.9. The number of carbonyl (C=O) groups is 11. The summed E-state index contributed by atoms with van der Waals surface area (Å²) in [5, 5.41) is 75.2. The summed E-state index contributed by atoms with van der Waals surface area (Å²) >= 11 is 1.82. The van der Waals surface area contributed by atoms with Gasteiger partial charge < -0.3 is 68.1 Å². The first-order chi connectivity index (χ1) is 41.1. The molecular weight excluding hydrogens is 1150 g/mol. The van der Waals surface area contributed by atoms with Crippen molar-refractivity contribution in [1.82, 2.24) is 47.9 Å². The molecule has 2 aliphatic heterocycles. The van der Waals surface area contributed by atoms with Crippen molar-refractivity contribution in [2.75, 3.05) is 18.8 Å². The molecule has 0 spiro atoms. The fourth-order valence-electron chi connectivity index (χ4n) is 10.2. The van der Waals surface area contributed by atoms with Crippen LogP contribution in [0, 0.1) is 5.92 Å². The number of aromatic hydroxyl groups is 1. The molecule has 0 aliphatic carbocycles. The molecule has 3 aromatic rings. The Bertz CT molecular complexity index is 2920. The molecule has 0 unspecified atom stereocenters. The third kappa shape index (κ3) is 20.3. The second-order valence-electron chi connectivity index (χ2n) is 22.8. The molecule has 474 valence electrons. The number of hydrogen-bond acceptors (Lipinski definition) is 16. The number of Topliss-reactive ketones (excluding diaryl/α,β-unsaturated/α-hetero) is 1. The van der Waals surface area contributed by atoms with Crippen molar-refractivity contribution in [3.8, 4) is 5.75 Å². The Morgan fingerprint density at radius 3 is 1.78 bits per heavy atom. The highest BCUT2D eigenvalue weighted by Crippen LogP contribution is 2.47. The SMILES string of the molecule is CC[C@H](C)[C@H](NC(=O)[C@@H](NCC(=O)CCCCNC(=O)CCCC[C@@H]1SC[C@]2(C)NC(=O)N[C@]12C)[C@@H](C)O)C(=O)N[C@H](C(=O)N[C@@H](Cc1ccc(C(=O)c2ccccc2)cc1)C(=O)N[C@@H](CC(=O)O)C(=O)N[C@@H](Cc1ccc(O)cc1)C(=O)O)[C@@H](C)O. The molecule has 5 rings (SSSR count). The van der Waals surface area contributed by atoms with Crippen molar-refractivity contribution in [1.29, 1.82) is 0 Å². The molecule has 26 heteroatoms. The first kappa shape index (κ1) is 69.8. The van der Waals surface area contributed by atoms with Crippen LogP contribution in [-0.2, 0) is 56.0 Å². The van der Waals surface area contributed by atoms with Crippen LogP contribution in [0.4, 0.5) is 4.79 Å². The first-order valence-electron chi connectivity index (χ1n) is 29.2. The highest BCUT2D eigenvalue weighted by atomic mass is 32.2. The standard InChI is InChI=1S/C61H83N9O16S/c1-7-34(2)49(67-56(82)50(35(3)71)63-32-42(74)17-13-14-28-62-47(75)19-12-11-18-46-61(6)60(5,33-87-46)69-59(86)70-61)55(81)68-51(36(4)72)57(83)65-43(29-37-20-24-40(25-21-37)52(78)39-15-9-8-10-16-39)53(79)64-44(31-48(76)77)54(80)66-45(58(84)85)30-38-22-26-41(73)27-23-38/h8-10,15-16,20-27,34-36,43-46,49-51,63,71-73H,7,11-14,17-19,28-33H2,1-6H3,(H,62,75)(H,64,79)(H,65,83)(H,66,80)(H,67,82)(H,68,81)(H,76,77)(H,84,85)(H2,69,70,86)/t34-,35+,36+,43-,44-,45-,46-,49-,50-,51-,60-,61+/m0/s1. The fourth-order valence-corrected chi connectivity index (χ4v) is 12.1. The van der Waals surface area contributed by atoms with Crippen molar-refractivity contribution in [2.45, 2.75) is 177 Å². The van der Waals surface area contributed by atoms with Gasteiger partial charge >= 0.3 is 18.0 Å². The van der Waals surface area contributed by atoms with Gasteiger partial charge in [0, 0.05) is 54.4 Å². The Hall–Kier alpha value is -7.94. The Balaban J connectivity index is 1.20. The van der Waals surface area contributed by atoms with E-state index in [1.54, 1.807) is 44.2 Å². The van der Waals surface area contributed by atoms with E-state index in [-0.39, 0.29) is 77.0 Å². The highest BCUT2D eigenvalue weighted by Gasteiger charge is 2.60. The Morgan fingerprint density at radius 2 is 1.17 bits per heavy atom. The third-order valence-corrected chi connectivity index (χ3v) is 17.8. The molecule has 2 heterocycles. The van der Waals surface area contributed by atoms with Gasteiger partial charge in [0.15, 0.2) is 5.78 Å². The van der Waals surface area contributed by atoms with E-state index in [0.717, 1.165) is 25.5 Å². The molecule has 2 saturated heterocycles. The van der Waals surface area contributed by atoms with Crippen LogP contribution in [-0.4, -0.2) is 174 Å². The van der Waals surface area contributed by atoms with Gasteiger partial charge in [0.05, 0.1) is 36.3 Å². The minimum absolute atomic E-state index is 0.0961. The van der Waals surface area contributed by atoms with Crippen molar-refractivity contribution in [2.24, 2.45) is 5.92 Å². The number of urea groups is 1. The lowest BCUT2D eigenvalue weighted by atomic mass is 9.79. The van der Waals surface area contributed by atoms with E-state index >= 15 is 0 Å². The highest BCUT2D eigenvalue weighted by molar-refractivity contribution is 8.00. The molecule has 87 heavy (non-hydrogen) atoms. The van der Waals surface area contributed by atoms with E-state index in [9.17, 15) is 78.3 Å². The number of phenolic OH excluding ortho intramolecular Hbond substituents is 1. The zero-order valence-corrected chi connectivity index (χ0v) is 50.6. The number of benzene rings is 3. The number of carboxylic acid groups (broad SMARTS) is 2. The summed E-state index contributed by atoms with van der Waals surface area (Å²) in [5.41, 5.74) is 0.687. The normalized spacial score (nSPS) is 20.0. The first-order valence-corrected chi connectivity index (χ1v) is 30.2. The van der Waals surface area contributed by atoms with Crippen LogP contribution in [0.2, 0.25) is 0 Å². The van der Waals surface area contributed by atoms with Crippen LogP contribution < -0.4 is 47.9 Å². The van der Waals surface area contributed by atoms with Gasteiger partial charge in [-0.25, -0.2) is 9.59 Å². The van der Waals surface area contributed by atoms with Crippen LogP contribution >= 0.6 is 11.8 Å². The predicted molar refractivity (Wildman–Crippen MR) is 321 cm³/mol. The zero-order valence-electron chi connectivity index (χ0n) is 49.8. The molecule has 12 atom stereocenters. The average Bonchev–Trinajstić information content (AvgIpc) is 1.62. The number of aliphatic hydroxyl groups is 2. The smallest absolute Gasteiger partial charge is 0.326 e. The largest absolute Gasteiger partial charge is 0.508 e. The molecule has 0 radical (unpaired) electrons. The second kappa shape index (κ2) is 32.7. The molecule has 25 nitrogen and oxygen atoms in total. The molecule has 0 aromatic heterocycles. The van der Waals surface area contributed by atoms with Gasteiger partial charge in [-0.2, -0.15) is 11.8 Å². The zero-order chi connectivity index (χ0) is 64.2. The summed E-state index contributed by atoms with van der Waals surface area (Å²) in [7, 11) is 0. The van der Waals surface area contributed by atoms with Gasteiger partial charge in [-0.3, -0.25) is 48.5 Å². The van der Waals surface area contributed by atoms with Gasteiger partial charge in [0.2, 0.25) is 35.4 Å². The molecule has 14 N–H and O–H groups in total. The lowest BCUT2D eigenvalue weighted by molar-refractivity contribution is -0.143. The second-order valence-corrected chi connectivity index (χ2v) is 24.0. The number of nitrogens with one attached hydrogen (secondary N) is 9. The molecule has 2 fully saturated rings. The van der Waals surface area contributed by atoms with E-state index in [0.29, 0.717) is 55.3 Å². The predicted octanol–water partition coefficient (Wildman–Crippen LogP) is 1.52. The van der Waals surface area contributed by atoms with Crippen LogP contribution in [0.5, 0.6) is 5.75 Å². The van der Waals surface area contributed by atoms with Crippen molar-refractivity contribution >= 4 is 76.7 Å². The summed E-state index contributed by atoms with van der Waals surface area (Å²) < 4.78 is 0. The summed E-state index contributed by atoms with van der Waals surface area (Å²) in [4.78, 5) is 145. The number of fused-ring (bicyclic) bond motifs is 1. The van der Waals surface area contributed by atoms with E-state index in [4.69, 9.17) is 0 Å². The number of aliphatic carboxylic acids is 2. The van der Waals surface area contributed by atoms with E-state index in [2.05, 4.69) is 54.8 Å². The fraction of sp³-hybridized carbons (Fsp3) is 0.525. The summed E-state index contributed by atoms with van der Waals surface area (Å²) in [5.74, 6) is -9.09. The van der Waals surface area contributed by atoms with E-state index in [1.165, 1.54) is 55.5 Å². The maximum Gasteiger partial charge on any atom is 0.326 e. The topological polar surface area (TPSA) is 397 Å². The number of rotatable bonds is 36. The number of ketones is 2. The Morgan fingerprint density at radius 1 is 0.632 bits per heavy atom. The maximum absolute atomic E-state index is 14.3. The number of amides is 8. The average molecular weight is 1230 g/mol. The quantitative estimate of drug-likeness (QED) is 0.0223. The molecule has 2 aliphatic rings. The summed E-state index contributed by atoms with van der Waals surface area (Å²) in [6.07, 6.45) is -0.778. The van der Waals surface area contributed by atoms with Crippen molar-refractivity contribution in [3.05, 3.63) is 101 Å². The van der Waals surface area contributed by atoms with Crippen molar-refractivity contribution in [3.63, 3.8) is 0 Å². The lowest BCUT2D eigenvalue weighted by Crippen LogP contribution is -2.63. The summed E-state index contributed by atoms with van der Waals surface area (Å²) in [6.45, 7) is 9.94. The maximum atomic E-state index is 14.3. The minimum Gasteiger partial charge on any atom is -0.508 e. The van der Waals surface area contributed by atoms with Gasteiger partial charge in [0.25, 0.3) is 0 Å².